The summed E-state index contributed by atoms with van der Waals surface area (Å²) in [7, 11) is 0. The van der Waals surface area contributed by atoms with Gasteiger partial charge in [-0.05, 0) is 26.7 Å². The second-order valence-electron chi connectivity index (χ2n) is 4.74. The summed E-state index contributed by atoms with van der Waals surface area (Å²) in [6, 6.07) is 2.04. The van der Waals surface area contributed by atoms with Crippen LogP contribution in [0.4, 0.5) is 0 Å². The lowest BCUT2D eigenvalue weighted by molar-refractivity contribution is -0.0214. The van der Waals surface area contributed by atoms with Crippen molar-refractivity contribution < 1.29 is 4.74 Å². The molecule has 1 aliphatic carbocycles. The van der Waals surface area contributed by atoms with E-state index in [-0.39, 0.29) is 0 Å². The molecule has 0 aromatic carbocycles. The van der Waals surface area contributed by atoms with E-state index in [1.807, 2.05) is 0 Å². The number of ether oxygens (including phenoxy) is 1. The summed E-state index contributed by atoms with van der Waals surface area (Å²) in [5.74, 6) is 0. The molecule has 14 heavy (non-hydrogen) atoms. The van der Waals surface area contributed by atoms with E-state index in [9.17, 15) is 0 Å². The summed E-state index contributed by atoms with van der Waals surface area (Å²) < 4.78 is 5.53. The summed E-state index contributed by atoms with van der Waals surface area (Å²) in [6.45, 7) is 8.54. The predicted molar refractivity (Wildman–Crippen MR) is 57.5 cm³/mol. The normalized spacial score (nSPS) is 29.8. The van der Waals surface area contributed by atoms with Crippen LogP contribution in [0.2, 0.25) is 0 Å². The number of hydrogen-bond donors (Lipinski definition) is 1. The molecule has 1 N–H and O–H groups in total. The summed E-state index contributed by atoms with van der Waals surface area (Å²) in [5.41, 5.74) is 0. The fourth-order valence-electron chi connectivity index (χ4n) is 2.11. The van der Waals surface area contributed by atoms with Gasteiger partial charge in [-0.15, -0.1) is 0 Å². The molecule has 0 bridgehead atoms. The Kier molecular flexibility index (Phi) is 3.42. The van der Waals surface area contributed by atoms with E-state index in [1.54, 1.807) is 0 Å². The van der Waals surface area contributed by atoms with Crippen LogP contribution in [0.25, 0.3) is 0 Å². The number of nitrogens with one attached hydrogen (secondary N) is 1. The van der Waals surface area contributed by atoms with Gasteiger partial charge >= 0.3 is 0 Å². The van der Waals surface area contributed by atoms with Gasteiger partial charge in [0, 0.05) is 31.2 Å². The molecule has 1 unspecified atom stereocenters. The highest BCUT2D eigenvalue weighted by molar-refractivity contribution is 4.86. The van der Waals surface area contributed by atoms with Gasteiger partial charge in [-0.2, -0.15) is 0 Å². The maximum Gasteiger partial charge on any atom is 0.0634 e. The van der Waals surface area contributed by atoms with Crippen LogP contribution in [0.5, 0.6) is 0 Å². The minimum Gasteiger partial charge on any atom is -0.378 e. The Bertz CT molecular complexity index is 180. The van der Waals surface area contributed by atoms with Gasteiger partial charge in [0.25, 0.3) is 0 Å². The molecular weight excluding hydrogens is 176 g/mol. The monoisotopic (exact) mass is 198 g/mol. The molecule has 0 radical (unpaired) electrons. The van der Waals surface area contributed by atoms with E-state index in [4.69, 9.17) is 4.74 Å². The fraction of sp³-hybridized carbons (Fsp3) is 1.00. The van der Waals surface area contributed by atoms with Crippen molar-refractivity contribution in [1.29, 1.82) is 0 Å². The molecule has 1 saturated heterocycles. The molecule has 3 heteroatoms. The van der Waals surface area contributed by atoms with Gasteiger partial charge in [0.1, 0.15) is 0 Å². The molecule has 1 saturated carbocycles. The second kappa shape index (κ2) is 4.60. The van der Waals surface area contributed by atoms with Crippen LogP contribution in [-0.2, 0) is 4.74 Å². The Hall–Kier alpha value is -0.120. The first-order valence-corrected chi connectivity index (χ1v) is 5.84. The van der Waals surface area contributed by atoms with E-state index in [0.29, 0.717) is 12.1 Å². The number of rotatable bonds is 4. The zero-order valence-electron chi connectivity index (χ0n) is 9.33. The van der Waals surface area contributed by atoms with E-state index in [1.165, 1.54) is 12.8 Å². The first kappa shape index (κ1) is 10.4. The topological polar surface area (TPSA) is 24.5 Å². The molecule has 1 heterocycles. The van der Waals surface area contributed by atoms with Crippen LogP contribution in [-0.4, -0.2) is 49.3 Å². The molecule has 2 rings (SSSR count). The molecule has 0 aromatic heterocycles. The minimum atomic E-state index is 0.587. The molecular formula is C11H22N2O. The zero-order valence-corrected chi connectivity index (χ0v) is 9.33. The highest BCUT2D eigenvalue weighted by Crippen LogP contribution is 2.19. The number of nitrogens with zero attached hydrogens (tertiary/aromatic N) is 1. The highest BCUT2D eigenvalue weighted by atomic mass is 16.5. The molecule has 82 valence electrons. The van der Waals surface area contributed by atoms with E-state index >= 15 is 0 Å². The van der Waals surface area contributed by atoms with Crippen molar-refractivity contribution in [2.45, 2.75) is 44.8 Å². The van der Waals surface area contributed by atoms with Crippen LogP contribution in [0.15, 0.2) is 0 Å². The van der Waals surface area contributed by atoms with Crippen LogP contribution < -0.4 is 5.32 Å². The van der Waals surface area contributed by atoms with Crippen molar-refractivity contribution in [3.8, 4) is 0 Å². The Morgan fingerprint density at radius 2 is 2.21 bits per heavy atom. The summed E-state index contributed by atoms with van der Waals surface area (Å²) in [6.07, 6.45) is 2.74. The quantitative estimate of drug-likeness (QED) is 0.725. The van der Waals surface area contributed by atoms with E-state index in [2.05, 4.69) is 24.1 Å². The predicted octanol–water partition coefficient (Wildman–Crippen LogP) is 0.848. The average molecular weight is 198 g/mol. The third-order valence-electron chi connectivity index (χ3n) is 3.16. The van der Waals surface area contributed by atoms with Gasteiger partial charge in [0.2, 0.25) is 0 Å². The minimum absolute atomic E-state index is 0.587. The van der Waals surface area contributed by atoms with Crippen molar-refractivity contribution >= 4 is 0 Å². The lowest BCUT2D eigenvalue weighted by atomic mass is 10.1. The largest absolute Gasteiger partial charge is 0.378 e. The number of hydrogen-bond acceptors (Lipinski definition) is 3. The second-order valence-corrected chi connectivity index (χ2v) is 4.74. The molecule has 0 amide bonds. The first-order chi connectivity index (χ1) is 6.77. The maximum atomic E-state index is 5.53. The molecule has 0 aromatic rings. The molecule has 1 aliphatic heterocycles. The van der Waals surface area contributed by atoms with Crippen molar-refractivity contribution in [2.75, 3.05) is 26.3 Å². The van der Waals surface area contributed by atoms with Crippen LogP contribution in [0.3, 0.4) is 0 Å². The van der Waals surface area contributed by atoms with E-state index < -0.39 is 0 Å². The Balaban J connectivity index is 1.78. The van der Waals surface area contributed by atoms with Gasteiger partial charge in [-0.25, -0.2) is 0 Å². The van der Waals surface area contributed by atoms with Crippen molar-refractivity contribution in [2.24, 2.45) is 0 Å². The lowest BCUT2D eigenvalue weighted by Crippen LogP contribution is -2.53. The van der Waals surface area contributed by atoms with Gasteiger partial charge in [0.15, 0.2) is 0 Å². The molecule has 3 nitrogen and oxygen atoms in total. The fourth-order valence-corrected chi connectivity index (χ4v) is 2.11. The molecule has 2 aliphatic rings. The molecule has 0 spiro atoms. The number of morpholine rings is 1. The van der Waals surface area contributed by atoms with Crippen molar-refractivity contribution in [1.82, 2.24) is 10.2 Å². The van der Waals surface area contributed by atoms with Gasteiger partial charge < -0.3 is 10.1 Å². The summed E-state index contributed by atoms with van der Waals surface area (Å²) in [4.78, 5) is 2.55. The van der Waals surface area contributed by atoms with Gasteiger partial charge in [-0.1, -0.05) is 0 Å². The van der Waals surface area contributed by atoms with Crippen LogP contribution in [0, 0.1) is 0 Å². The summed E-state index contributed by atoms with van der Waals surface area (Å²) >= 11 is 0. The van der Waals surface area contributed by atoms with E-state index in [0.717, 1.165) is 32.3 Å². The van der Waals surface area contributed by atoms with Crippen LogP contribution >= 0.6 is 0 Å². The van der Waals surface area contributed by atoms with Crippen molar-refractivity contribution in [3.05, 3.63) is 0 Å². The SMILES string of the molecule is CC(C)N1CCOCC1CNC1CC1. The lowest BCUT2D eigenvalue weighted by Gasteiger charge is -2.38. The smallest absolute Gasteiger partial charge is 0.0634 e. The van der Waals surface area contributed by atoms with Gasteiger partial charge in [-0.3, -0.25) is 4.90 Å². The van der Waals surface area contributed by atoms with Gasteiger partial charge in [0.05, 0.1) is 13.2 Å². The third kappa shape index (κ3) is 2.69. The van der Waals surface area contributed by atoms with Crippen molar-refractivity contribution in [3.63, 3.8) is 0 Å². The molecule has 1 atom stereocenters. The standard InChI is InChI=1S/C11H22N2O/c1-9(2)13-5-6-14-8-11(13)7-12-10-3-4-10/h9-12H,3-8H2,1-2H3. The first-order valence-electron chi connectivity index (χ1n) is 5.84. The Morgan fingerprint density at radius 1 is 1.43 bits per heavy atom. The Labute approximate surface area is 86.8 Å². The summed E-state index contributed by atoms with van der Waals surface area (Å²) in [5, 5.41) is 3.59. The highest BCUT2D eigenvalue weighted by Gasteiger charge is 2.27. The maximum absolute atomic E-state index is 5.53. The zero-order chi connectivity index (χ0) is 9.97. The third-order valence-corrected chi connectivity index (χ3v) is 3.16. The molecule has 2 fully saturated rings. The van der Waals surface area contributed by atoms with Crippen LogP contribution in [0.1, 0.15) is 26.7 Å². The average Bonchev–Trinajstić information content (AvgIpc) is 2.98. The Morgan fingerprint density at radius 3 is 2.86 bits per heavy atom.